The number of halogens is 1. The third-order valence-electron chi connectivity index (χ3n) is 4.26. The number of hydrogen-bond donors (Lipinski definition) is 1. The smallest absolute Gasteiger partial charge is 0.267 e. The van der Waals surface area contributed by atoms with Gasteiger partial charge < -0.3 is 5.32 Å². The number of amides is 1. The molecule has 0 saturated carbocycles. The Hall–Kier alpha value is -2.63. The number of fused-ring (bicyclic) bond motifs is 1. The number of rotatable bonds is 3. The minimum Gasteiger partial charge on any atom is -0.321 e. The fourth-order valence-electron chi connectivity index (χ4n) is 2.77. The molecule has 0 saturated heterocycles. The number of hydrogen-bond acceptors (Lipinski definition) is 3. The van der Waals surface area contributed by atoms with Crippen molar-refractivity contribution in [1.29, 1.82) is 0 Å². The van der Waals surface area contributed by atoms with Gasteiger partial charge in [-0.1, -0.05) is 59.3 Å². The molecule has 0 unspecified atom stereocenters. The van der Waals surface area contributed by atoms with Crippen molar-refractivity contribution in [2.45, 2.75) is 13.8 Å². The number of benzene rings is 2. The molecule has 26 heavy (non-hydrogen) atoms. The quantitative estimate of drug-likeness (QED) is 0.503. The van der Waals surface area contributed by atoms with Gasteiger partial charge in [-0.05, 0) is 31.5 Å². The highest BCUT2D eigenvalue weighted by Gasteiger charge is 2.18. The summed E-state index contributed by atoms with van der Waals surface area (Å²) in [5.74, 6) is -0.154. The van der Waals surface area contributed by atoms with E-state index in [1.165, 1.54) is 11.3 Å². The number of nitrogens with zero attached hydrogens (tertiary/aromatic N) is 2. The first kappa shape index (κ1) is 16.8. The molecule has 1 amide bonds. The molecular weight excluding hydrogens is 366 g/mol. The van der Waals surface area contributed by atoms with Gasteiger partial charge in [-0.25, -0.2) is 4.98 Å². The van der Waals surface area contributed by atoms with Gasteiger partial charge in [0, 0.05) is 28.2 Å². The molecule has 0 aliphatic carbocycles. The van der Waals surface area contributed by atoms with Crippen molar-refractivity contribution in [1.82, 2.24) is 9.38 Å². The molecule has 0 spiro atoms. The van der Waals surface area contributed by atoms with Crippen LogP contribution in [-0.2, 0) is 0 Å². The van der Waals surface area contributed by atoms with E-state index in [2.05, 4.69) is 10.3 Å². The summed E-state index contributed by atoms with van der Waals surface area (Å²) in [4.78, 5) is 18.8. The van der Waals surface area contributed by atoms with Crippen LogP contribution >= 0.6 is 22.9 Å². The number of nitrogens with one attached hydrogen (secondary N) is 1. The van der Waals surface area contributed by atoms with Gasteiger partial charge in [0.25, 0.3) is 5.91 Å². The van der Waals surface area contributed by atoms with Crippen LogP contribution in [-0.4, -0.2) is 15.3 Å². The molecule has 0 radical (unpaired) electrons. The van der Waals surface area contributed by atoms with Crippen LogP contribution in [0.3, 0.4) is 0 Å². The number of imidazole rings is 1. The summed E-state index contributed by atoms with van der Waals surface area (Å²) in [6, 6.07) is 15.5. The highest BCUT2D eigenvalue weighted by atomic mass is 35.5. The van der Waals surface area contributed by atoms with E-state index in [1.807, 2.05) is 66.9 Å². The van der Waals surface area contributed by atoms with E-state index >= 15 is 0 Å². The summed E-state index contributed by atoms with van der Waals surface area (Å²) in [5, 5.41) is 3.54. The van der Waals surface area contributed by atoms with Crippen LogP contribution < -0.4 is 5.32 Å². The Morgan fingerprint density at radius 3 is 2.62 bits per heavy atom. The molecule has 1 N–H and O–H groups in total. The Bertz CT molecular complexity index is 1120. The largest absolute Gasteiger partial charge is 0.321 e. The highest BCUT2D eigenvalue weighted by Crippen LogP contribution is 2.28. The van der Waals surface area contributed by atoms with Gasteiger partial charge in [-0.3, -0.25) is 9.20 Å². The van der Waals surface area contributed by atoms with Crippen molar-refractivity contribution in [3.05, 3.63) is 75.9 Å². The summed E-state index contributed by atoms with van der Waals surface area (Å²) >= 11 is 7.52. The van der Waals surface area contributed by atoms with Crippen LogP contribution in [0.25, 0.3) is 16.2 Å². The molecule has 130 valence electrons. The fraction of sp³-hybridized carbons (Fsp3) is 0.100. The average molecular weight is 382 g/mol. The third-order valence-corrected chi connectivity index (χ3v) is 5.83. The fourth-order valence-corrected chi connectivity index (χ4v) is 3.95. The van der Waals surface area contributed by atoms with Gasteiger partial charge in [0.2, 0.25) is 0 Å². The predicted octanol–water partition coefficient (Wildman–Crippen LogP) is 5.59. The molecule has 4 nitrogen and oxygen atoms in total. The molecular formula is C20H16ClN3OS. The molecule has 2 aromatic heterocycles. The maximum Gasteiger partial charge on any atom is 0.267 e. The first-order valence-electron chi connectivity index (χ1n) is 8.14. The van der Waals surface area contributed by atoms with Gasteiger partial charge in [-0.15, -0.1) is 0 Å². The number of carbonyl (C=O) groups is 1. The van der Waals surface area contributed by atoms with E-state index in [0.29, 0.717) is 15.6 Å². The Kier molecular flexibility index (Phi) is 4.26. The van der Waals surface area contributed by atoms with E-state index in [1.54, 1.807) is 6.07 Å². The van der Waals surface area contributed by atoms with Crippen LogP contribution in [0, 0.1) is 13.8 Å². The Labute approximate surface area is 160 Å². The van der Waals surface area contributed by atoms with E-state index in [-0.39, 0.29) is 5.91 Å². The van der Waals surface area contributed by atoms with Crippen LogP contribution in [0.15, 0.2) is 54.7 Å². The molecule has 4 rings (SSSR count). The van der Waals surface area contributed by atoms with Crippen molar-refractivity contribution in [3.8, 4) is 11.3 Å². The minimum absolute atomic E-state index is 0.154. The normalized spacial score (nSPS) is 11.0. The molecule has 4 aromatic rings. The van der Waals surface area contributed by atoms with Crippen molar-refractivity contribution in [2.24, 2.45) is 0 Å². The van der Waals surface area contributed by atoms with Crippen molar-refractivity contribution >= 4 is 39.5 Å². The lowest BCUT2D eigenvalue weighted by Gasteiger charge is -2.06. The minimum atomic E-state index is -0.154. The number of aryl methyl sites for hydroxylation is 2. The number of aromatic nitrogens is 2. The van der Waals surface area contributed by atoms with Crippen LogP contribution in [0.1, 0.15) is 20.9 Å². The number of thiazole rings is 1. The highest BCUT2D eigenvalue weighted by molar-refractivity contribution is 7.19. The SMILES string of the molecule is Cc1ccc(NC(=O)c2sc3nc(-c4ccccc4)cn3c2C)cc1Cl. The average Bonchev–Trinajstić information content (AvgIpc) is 3.19. The van der Waals surface area contributed by atoms with Gasteiger partial charge in [0.1, 0.15) is 4.88 Å². The molecule has 0 bridgehead atoms. The zero-order chi connectivity index (χ0) is 18.3. The number of anilines is 1. The Morgan fingerprint density at radius 2 is 1.92 bits per heavy atom. The van der Waals surface area contributed by atoms with E-state index in [0.717, 1.165) is 27.5 Å². The molecule has 0 atom stereocenters. The maximum atomic E-state index is 12.7. The van der Waals surface area contributed by atoms with E-state index in [9.17, 15) is 4.79 Å². The summed E-state index contributed by atoms with van der Waals surface area (Å²) in [6.45, 7) is 3.85. The first-order chi connectivity index (χ1) is 12.5. The molecule has 2 aromatic carbocycles. The lowest BCUT2D eigenvalue weighted by atomic mass is 10.2. The molecule has 0 aliphatic heterocycles. The van der Waals surface area contributed by atoms with Gasteiger partial charge in [0.05, 0.1) is 5.69 Å². The zero-order valence-electron chi connectivity index (χ0n) is 14.3. The number of carbonyl (C=O) groups excluding carboxylic acids is 1. The molecule has 2 heterocycles. The van der Waals surface area contributed by atoms with Gasteiger partial charge >= 0.3 is 0 Å². The Morgan fingerprint density at radius 1 is 1.15 bits per heavy atom. The van der Waals surface area contributed by atoms with Crippen LogP contribution in [0.4, 0.5) is 5.69 Å². The third kappa shape index (κ3) is 3.00. The predicted molar refractivity (Wildman–Crippen MR) is 107 cm³/mol. The summed E-state index contributed by atoms with van der Waals surface area (Å²) in [5.41, 5.74) is 4.49. The second kappa shape index (κ2) is 6.59. The van der Waals surface area contributed by atoms with E-state index in [4.69, 9.17) is 11.6 Å². The second-order valence-corrected chi connectivity index (χ2v) is 7.46. The lowest BCUT2D eigenvalue weighted by Crippen LogP contribution is -2.12. The van der Waals surface area contributed by atoms with Gasteiger partial charge in [-0.2, -0.15) is 0 Å². The molecule has 0 fully saturated rings. The van der Waals surface area contributed by atoms with Gasteiger partial charge in [0.15, 0.2) is 4.96 Å². The second-order valence-electron chi connectivity index (χ2n) is 6.08. The Balaban J connectivity index is 1.64. The van der Waals surface area contributed by atoms with Crippen molar-refractivity contribution < 1.29 is 4.79 Å². The molecule has 6 heteroatoms. The summed E-state index contributed by atoms with van der Waals surface area (Å²) < 4.78 is 1.96. The maximum absolute atomic E-state index is 12.7. The topological polar surface area (TPSA) is 46.4 Å². The summed E-state index contributed by atoms with van der Waals surface area (Å²) in [6.07, 6.45) is 1.97. The van der Waals surface area contributed by atoms with E-state index < -0.39 is 0 Å². The monoisotopic (exact) mass is 381 g/mol. The molecule has 0 aliphatic rings. The first-order valence-corrected chi connectivity index (χ1v) is 9.34. The van der Waals surface area contributed by atoms with Crippen molar-refractivity contribution in [3.63, 3.8) is 0 Å². The lowest BCUT2D eigenvalue weighted by molar-refractivity contribution is 0.102. The van der Waals surface area contributed by atoms with Crippen molar-refractivity contribution in [2.75, 3.05) is 5.32 Å². The van der Waals surface area contributed by atoms with Crippen LogP contribution in [0.5, 0.6) is 0 Å². The summed E-state index contributed by atoms with van der Waals surface area (Å²) in [7, 11) is 0. The zero-order valence-corrected chi connectivity index (χ0v) is 15.9. The van der Waals surface area contributed by atoms with Crippen LogP contribution in [0.2, 0.25) is 5.02 Å². The standard InChI is InChI=1S/C20H16ClN3OS/c1-12-8-9-15(10-16(12)21)22-19(25)18-13(2)24-11-17(23-20(24)26-18)14-6-4-3-5-7-14/h3-11H,1-2H3,(H,22,25).